The van der Waals surface area contributed by atoms with E-state index in [1.165, 1.54) is 120 Å². The van der Waals surface area contributed by atoms with Gasteiger partial charge in [0.05, 0.1) is 12.8 Å². The minimum atomic E-state index is -0.980. The van der Waals surface area contributed by atoms with Crippen LogP contribution < -0.4 is 10.6 Å². The van der Waals surface area contributed by atoms with Crippen LogP contribution in [0.4, 0.5) is 0 Å². The van der Waals surface area contributed by atoms with Crippen LogP contribution in [0, 0.1) is 0 Å². The van der Waals surface area contributed by atoms with E-state index >= 15 is 0 Å². The number of amides is 2. The lowest BCUT2D eigenvalue weighted by molar-refractivity contribution is -0.139. The second-order valence-corrected chi connectivity index (χ2v) is 18.9. The minimum absolute atomic E-state index is 0.0311. The minimum Gasteiger partial charge on any atom is -0.481 e. The molecule has 2 unspecified atom stereocenters. The van der Waals surface area contributed by atoms with Gasteiger partial charge in [-0.2, -0.15) is 0 Å². The highest BCUT2D eigenvalue weighted by atomic mass is 16.4. The van der Waals surface area contributed by atoms with E-state index in [-0.39, 0.29) is 54.7 Å². The maximum absolute atomic E-state index is 12.3. The van der Waals surface area contributed by atoms with E-state index < -0.39 is 11.9 Å². The van der Waals surface area contributed by atoms with Gasteiger partial charge >= 0.3 is 11.9 Å². The molecule has 0 aliphatic heterocycles. The van der Waals surface area contributed by atoms with Crippen LogP contribution in [0.15, 0.2) is 97.1 Å². The number of hydrogen-bond acceptors (Lipinski definition) is 4. The van der Waals surface area contributed by atoms with Gasteiger partial charge in [0.2, 0.25) is 11.8 Å². The number of carbonyl (C=O) groups is 4. The van der Waals surface area contributed by atoms with Crippen LogP contribution in [0.3, 0.4) is 0 Å². The van der Waals surface area contributed by atoms with Crippen molar-refractivity contribution in [2.75, 3.05) is 13.1 Å². The van der Waals surface area contributed by atoms with Gasteiger partial charge in [0.1, 0.15) is 0 Å². The topological polar surface area (TPSA) is 133 Å². The van der Waals surface area contributed by atoms with Gasteiger partial charge in [-0.3, -0.25) is 19.2 Å². The lowest BCUT2D eigenvalue weighted by Gasteiger charge is -2.22. The molecule has 0 aromatic heterocycles. The van der Waals surface area contributed by atoms with E-state index in [9.17, 15) is 19.2 Å². The van der Waals surface area contributed by atoms with Crippen LogP contribution in [-0.2, 0) is 43.9 Å². The second-order valence-electron chi connectivity index (χ2n) is 18.9. The zero-order chi connectivity index (χ0) is 42.9. The summed E-state index contributed by atoms with van der Waals surface area (Å²) < 4.78 is 0. The fraction of sp³-hybridized carbons (Fsp3) is 0.214. The third-order valence-electron chi connectivity index (χ3n) is 15.8. The summed E-state index contributed by atoms with van der Waals surface area (Å²) >= 11 is 0. The molecule has 11 aromatic rings. The number of carboxylic acid groups (broad SMARTS) is 2. The molecule has 310 valence electrons. The number of carboxylic acids is 2. The molecule has 0 spiro atoms. The molecule has 3 aliphatic carbocycles. The zero-order valence-electron chi connectivity index (χ0n) is 34.8. The molecule has 8 nitrogen and oxygen atoms in total. The Kier molecular flexibility index (Phi) is 7.04. The van der Waals surface area contributed by atoms with Gasteiger partial charge in [-0.05, 0) is 150 Å². The summed E-state index contributed by atoms with van der Waals surface area (Å²) in [5.41, 5.74) is 10.1. The van der Waals surface area contributed by atoms with Crippen molar-refractivity contribution >= 4 is 110 Å². The van der Waals surface area contributed by atoms with E-state index in [1.54, 1.807) is 0 Å². The second kappa shape index (κ2) is 12.4. The maximum Gasteiger partial charge on any atom is 0.303 e. The number of carbonyl (C=O) groups excluding carboxylic acids is 2. The van der Waals surface area contributed by atoms with Gasteiger partial charge in [-0.15, -0.1) is 0 Å². The molecule has 1 saturated carbocycles. The number of nitrogens with one attached hydrogen (secondary N) is 2. The summed E-state index contributed by atoms with van der Waals surface area (Å²) in [6.07, 6.45) is 1.78. The van der Waals surface area contributed by atoms with Crippen molar-refractivity contribution in [3.63, 3.8) is 0 Å². The molecule has 2 amide bonds. The average Bonchev–Trinajstić information content (AvgIpc) is 3.46. The predicted molar refractivity (Wildman–Crippen MR) is 252 cm³/mol. The highest BCUT2D eigenvalue weighted by Crippen LogP contribution is 2.78. The molecule has 2 atom stereocenters. The lowest BCUT2D eigenvalue weighted by Crippen LogP contribution is -2.26. The van der Waals surface area contributed by atoms with Crippen molar-refractivity contribution in [1.82, 2.24) is 10.6 Å². The first kappa shape index (κ1) is 36.2. The largest absolute Gasteiger partial charge is 0.481 e. The molecular formula is C56H40N2O6. The van der Waals surface area contributed by atoms with Crippen LogP contribution in [0.25, 0.3) is 86.2 Å². The summed E-state index contributed by atoms with van der Waals surface area (Å²) in [5, 5.41) is 46.6. The van der Waals surface area contributed by atoms with Crippen molar-refractivity contribution < 1.29 is 29.4 Å². The summed E-state index contributed by atoms with van der Waals surface area (Å²) in [6.45, 7) is 0.866. The Bertz CT molecular complexity index is 3730. The highest BCUT2D eigenvalue weighted by molar-refractivity contribution is 6.57. The normalized spacial score (nSPS) is 17.1. The summed E-state index contributed by atoms with van der Waals surface area (Å²) in [4.78, 5) is 46.6. The molecule has 1 fully saturated rings. The summed E-state index contributed by atoms with van der Waals surface area (Å²) in [7, 11) is 0. The Hall–Kier alpha value is -7.32. The summed E-state index contributed by atoms with van der Waals surface area (Å²) in [6, 6.07) is 37.3. The molecule has 14 rings (SSSR count). The van der Waals surface area contributed by atoms with Gasteiger partial charge < -0.3 is 20.8 Å². The van der Waals surface area contributed by atoms with Crippen LogP contribution in [0.2, 0.25) is 0 Å². The van der Waals surface area contributed by atoms with Crippen molar-refractivity contribution in [2.45, 2.75) is 62.2 Å². The van der Waals surface area contributed by atoms with Gasteiger partial charge in [0.15, 0.2) is 0 Å². The first-order valence-electron chi connectivity index (χ1n) is 22.6. The van der Waals surface area contributed by atoms with Crippen molar-refractivity contribution in [3.05, 3.63) is 142 Å². The first-order valence-corrected chi connectivity index (χ1v) is 22.6. The van der Waals surface area contributed by atoms with Crippen LogP contribution >= 0.6 is 0 Å². The van der Waals surface area contributed by atoms with Gasteiger partial charge in [-0.1, -0.05) is 97.1 Å². The van der Waals surface area contributed by atoms with Gasteiger partial charge in [0, 0.05) is 43.2 Å². The average molecular weight is 837 g/mol. The number of benzene rings is 9. The standard InChI is InChI=1S/C56H40N2O6/c59-38(15-17-40(61)62)57-21-19-26-1-8-32(9-2-26)56(33-10-3-27(4-11-33)20-22-58-39(60)16-18-41(63)64)54-36-14-13-35-34-12-7-28-5-6-29-23-30-24-31-25-37(55(54)56)49-48(36)47(35)53-51(49)45(31)44(30)50-43(29)42(28)46(34)52(50)53/h1-14,23,25,54-55H,15-22,24H2,(H,57,59)(H,58,60)(H,61,62)(H,63,64). The molecule has 11 aromatic carbocycles. The Morgan fingerprint density at radius 2 is 0.938 bits per heavy atom. The highest BCUT2D eigenvalue weighted by Gasteiger charge is 2.69. The Balaban J connectivity index is 0.923. The first-order chi connectivity index (χ1) is 31.2. The molecule has 4 N–H and O–H groups in total. The van der Waals surface area contributed by atoms with Gasteiger partial charge in [-0.25, -0.2) is 0 Å². The van der Waals surface area contributed by atoms with Crippen LogP contribution in [0.5, 0.6) is 0 Å². The number of fused-ring (bicyclic) bond motifs is 4. The monoisotopic (exact) mass is 836 g/mol. The summed E-state index contributed by atoms with van der Waals surface area (Å²) in [5.74, 6) is -2.07. The molecule has 0 heterocycles. The van der Waals surface area contributed by atoms with Crippen LogP contribution in [-0.4, -0.2) is 47.1 Å². The van der Waals surface area contributed by atoms with Crippen LogP contribution in [0.1, 0.15) is 82.0 Å². The molecular weight excluding hydrogens is 797 g/mol. The molecule has 0 saturated heterocycles. The zero-order valence-corrected chi connectivity index (χ0v) is 34.8. The van der Waals surface area contributed by atoms with Crippen molar-refractivity contribution in [3.8, 4) is 0 Å². The van der Waals surface area contributed by atoms with E-state index in [4.69, 9.17) is 10.2 Å². The molecule has 64 heavy (non-hydrogen) atoms. The fourth-order valence-electron chi connectivity index (χ4n) is 13.4. The lowest BCUT2D eigenvalue weighted by atomic mass is 9.81. The van der Waals surface area contributed by atoms with Crippen molar-refractivity contribution in [2.24, 2.45) is 0 Å². The quantitative estimate of drug-likeness (QED) is 0.0807. The van der Waals surface area contributed by atoms with E-state index in [0.29, 0.717) is 25.9 Å². The third-order valence-corrected chi connectivity index (χ3v) is 15.8. The van der Waals surface area contributed by atoms with Crippen molar-refractivity contribution in [1.29, 1.82) is 0 Å². The predicted octanol–water partition coefficient (Wildman–Crippen LogP) is 10.2. The fourth-order valence-corrected chi connectivity index (χ4v) is 13.4. The van der Waals surface area contributed by atoms with E-state index in [2.05, 4.69) is 108 Å². The smallest absolute Gasteiger partial charge is 0.303 e. The molecule has 3 aliphatic rings. The van der Waals surface area contributed by atoms with E-state index in [0.717, 1.165) is 17.5 Å². The number of hydrogen-bond donors (Lipinski definition) is 4. The molecule has 8 heteroatoms. The Morgan fingerprint density at radius 3 is 1.55 bits per heavy atom. The molecule has 0 bridgehead atoms. The van der Waals surface area contributed by atoms with Gasteiger partial charge in [0.25, 0.3) is 0 Å². The Morgan fingerprint density at radius 1 is 0.469 bits per heavy atom. The Labute approximate surface area is 365 Å². The third kappa shape index (κ3) is 4.47. The number of rotatable bonds is 14. The SMILES string of the molecule is O=C(O)CCC(=O)NCCc1ccc(C2(c3ccc(CCNC(=O)CCC(=O)O)cc3)C3c4ccc5c6ccc7ccc8cc9c%10c%11c(cc(c%12c4c5c(c%12%11)c4c6c7c8c%104)C32)C9)cc1. The maximum atomic E-state index is 12.3. The van der Waals surface area contributed by atoms with E-state index in [1.807, 2.05) is 0 Å². The number of aliphatic carboxylic acids is 2. The molecule has 0 radical (unpaired) electrons.